The molecule has 0 spiro atoms. The van der Waals surface area contributed by atoms with Gasteiger partial charge in [-0.05, 0) is 42.5 Å². The standard InChI is InChI=1S/C16H15N3O4S/c1-4-7-23-12-6-5-11(8-13(12)22-3)9-14(15(20)21)24-16-17-10(2)18-19-16/h1,5-6,8-9H,7H2,2-3H3,(H,20,21)(H,17,18,19). The molecule has 1 heterocycles. The molecule has 1 aromatic heterocycles. The molecular formula is C16H15N3O4S. The Hall–Kier alpha value is -2.92. The van der Waals surface area contributed by atoms with Crippen LogP contribution in [-0.2, 0) is 4.79 Å². The van der Waals surface area contributed by atoms with Crippen LogP contribution in [0.5, 0.6) is 11.5 Å². The van der Waals surface area contributed by atoms with Crippen molar-refractivity contribution in [1.29, 1.82) is 0 Å². The maximum atomic E-state index is 11.4. The lowest BCUT2D eigenvalue weighted by molar-refractivity contribution is -0.131. The van der Waals surface area contributed by atoms with Gasteiger partial charge in [0.1, 0.15) is 17.3 Å². The van der Waals surface area contributed by atoms with Crippen LogP contribution in [-0.4, -0.2) is 40.0 Å². The zero-order chi connectivity index (χ0) is 17.5. The highest BCUT2D eigenvalue weighted by Gasteiger charge is 2.14. The van der Waals surface area contributed by atoms with E-state index in [-0.39, 0.29) is 11.5 Å². The Morgan fingerprint density at radius 3 is 2.88 bits per heavy atom. The van der Waals surface area contributed by atoms with Crippen LogP contribution in [0.4, 0.5) is 0 Å². The van der Waals surface area contributed by atoms with Crippen molar-refractivity contribution >= 4 is 23.8 Å². The van der Waals surface area contributed by atoms with E-state index in [2.05, 4.69) is 21.1 Å². The van der Waals surface area contributed by atoms with Crippen LogP contribution in [0.25, 0.3) is 6.08 Å². The number of benzene rings is 1. The Balaban J connectivity index is 2.28. The number of terminal acetylenes is 1. The number of hydrogen-bond donors (Lipinski definition) is 2. The molecule has 7 nitrogen and oxygen atoms in total. The molecule has 0 atom stereocenters. The molecule has 8 heteroatoms. The van der Waals surface area contributed by atoms with Crippen molar-refractivity contribution in [3.63, 3.8) is 0 Å². The number of H-pyrrole nitrogens is 1. The number of aromatic amines is 1. The molecule has 0 bridgehead atoms. The number of hydrogen-bond acceptors (Lipinski definition) is 6. The molecule has 0 fully saturated rings. The lowest BCUT2D eigenvalue weighted by Gasteiger charge is -2.09. The van der Waals surface area contributed by atoms with Gasteiger partial charge >= 0.3 is 5.97 Å². The van der Waals surface area contributed by atoms with Crippen LogP contribution in [0.3, 0.4) is 0 Å². The fraction of sp³-hybridized carbons (Fsp3) is 0.188. The van der Waals surface area contributed by atoms with Crippen molar-refractivity contribution in [2.45, 2.75) is 12.1 Å². The molecule has 0 aliphatic carbocycles. The summed E-state index contributed by atoms with van der Waals surface area (Å²) in [6.45, 7) is 1.85. The summed E-state index contributed by atoms with van der Waals surface area (Å²) < 4.78 is 10.6. The normalized spacial score (nSPS) is 11.0. The summed E-state index contributed by atoms with van der Waals surface area (Å²) in [5.41, 5.74) is 0.636. The second kappa shape index (κ2) is 8.08. The van der Waals surface area contributed by atoms with Gasteiger partial charge in [-0.3, -0.25) is 5.10 Å². The highest BCUT2D eigenvalue weighted by molar-refractivity contribution is 8.04. The van der Waals surface area contributed by atoms with Gasteiger partial charge in [-0.2, -0.15) is 0 Å². The number of thioether (sulfide) groups is 1. The summed E-state index contributed by atoms with van der Waals surface area (Å²) in [7, 11) is 1.49. The summed E-state index contributed by atoms with van der Waals surface area (Å²) in [5.74, 6) is 2.85. The summed E-state index contributed by atoms with van der Waals surface area (Å²) >= 11 is 0.954. The van der Waals surface area contributed by atoms with Gasteiger partial charge in [0, 0.05) is 0 Å². The minimum absolute atomic E-state index is 0.0772. The highest BCUT2D eigenvalue weighted by Crippen LogP contribution is 2.31. The van der Waals surface area contributed by atoms with Gasteiger partial charge in [0.2, 0.25) is 5.16 Å². The monoisotopic (exact) mass is 345 g/mol. The maximum Gasteiger partial charge on any atom is 0.342 e. The third-order valence-electron chi connectivity index (χ3n) is 2.79. The number of aromatic nitrogens is 3. The number of rotatable bonds is 7. The molecule has 0 aliphatic rings. The summed E-state index contributed by atoms with van der Waals surface area (Å²) in [6, 6.07) is 5.04. The van der Waals surface area contributed by atoms with Crippen LogP contribution in [0.2, 0.25) is 0 Å². The molecule has 1 aromatic carbocycles. The SMILES string of the molecule is C#CCOc1ccc(C=C(Sc2n[nH]c(C)n2)C(=O)O)cc1OC. The van der Waals surface area contributed by atoms with E-state index >= 15 is 0 Å². The first-order valence-electron chi connectivity index (χ1n) is 6.79. The van der Waals surface area contributed by atoms with E-state index in [9.17, 15) is 9.90 Å². The van der Waals surface area contributed by atoms with E-state index in [0.29, 0.717) is 28.0 Å². The van der Waals surface area contributed by atoms with Crippen LogP contribution >= 0.6 is 11.8 Å². The van der Waals surface area contributed by atoms with Gasteiger partial charge in [0.05, 0.1) is 7.11 Å². The number of aliphatic carboxylic acids is 1. The fourth-order valence-corrected chi connectivity index (χ4v) is 2.52. The lowest BCUT2D eigenvalue weighted by Crippen LogP contribution is -1.99. The first-order chi connectivity index (χ1) is 11.5. The molecular weight excluding hydrogens is 330 g/mol. The number of methoxy groups -OCH3 is 1. The van der Waals surface area contributed by atoms with Crippen molar-refractivity contribution < 1.29 is 19.4 Å². The van der Waals surface area contributed by atoms with Crippen LogP contribution in [0, 0.1) is 19.3 Å². The van der Waals surface area contributed by atoms with Crippen molar-refractivity contribution in [2.75, 3.05) is 13.7 Å². The van der Waals surface area contributed by atoms with Crippen molar-refractivity contribution in [3.05, 3.63) is 34.5 Å². The molecule has 0 saturated carbocycles. The number of carboxylic acids is 1. The Bertz CT molecular complexity index is 808. The molecule has 2 rings (SSSR count). The Morgan fingerprint density at radius 2 is 2.29 bits per heavy atom. The smallest absolute Gasteiger partial charge is 0.342 e. The van der Waals surface area contributed by atoms with Gasteiger partial charge in [0.25, 0.3) is 0 Å². The average Bonchev–Trinajstić information content (AvgIpc) is 2.97. The summed E-state index contributed by atoms with van der Waals surface area (Å²) in [6.07, 6.45) is 6.67. The second-order valence-corrected chi connectivity index (χ2v) is 5.53. The number of aryl methyl sites for hydroxylation is 1. The van der Waals surface area contributed by atoms with Gasteiger partial charge in [-0.1, -0.05) is 12.0 Å². The van der Waals surface area contributed by atoms with Gasteiger partial charge in [-0.15, -0.1) is 11.5 Å². The van der Waals surface area contributed by atoms with Crippen LogP contribution < -0.4 is 9.47 Å². The van der Waals surface area contributed by atoms with Crippen molar-refractivity contribution in [2.24, 2.45) is 0 Å². The third kappa shape index (κ3) is 4.54. The van der Waals surface area contributed by atoms with Crippen LogP contribution in [0.15, 0.2) is 28.3 Å². The number of nitrogens with zero attached hydrogens (tertiary/aromatic N) is 2. The molecule has 2 N–H and O–H groups in total. The molecule has 124 valence electrons. The Morgan fingerprint density at radius 1 is 1.50 bits per heavy atom. The van der Waals surface area contributed by atoms with Gasteiger partial charge in [0.15, 0.2) is 11.5 Å². The van der Waals surface area contributed by atoms with E-state index < -0.39 is 5.97 Å². The van der Waals surface area contributed by atoms with E-state index in [0.717, 1.165) is 11.8 Å². The molecule has 0 saturated heterocycles. The second-order valence-electron chi connectivity index (χ2n) is 4.52. The summed E-state index contributed by atoms with van der Waals surface area (Å²) in [5, 5.41) is 16.3. The first-order valence-corrected chi connectivity index (χ1v) is 7.61. The zero-order valence-electron chi connectivity index (χ0n) is 13.1. The summed E-state index contributed by atoms with van der Waals surface area (Å²) in [4.78, 5) is 15.6. The van der Waals surface area contributed by atoms with E-state index in [1.54, 1.807) is 25.1 Å². The van der Waals surface area contributed by atoms with Crippen molar-refractivity contribution in [3.8, 4) is 23.8 Å². The number of ether oxygens (including phenoxy) is 2. The lowest BCUT2D eigenvalue weighted by atomic mass is 10.2. The molecule has 0 amide bonds. The number of nitrogens with one attached hydrogen (secondary N) is 1. The topological polar surface area (TPSA) is 97.3 Å². The largest absolute Gasteiger partial charge is 0.493 e. The van der Waals surface area contributed by atoms with E-state index in [4.69, 9.17) is 15.9 Å². The van der Waals surface area contributed by atoms with E-state index in [1.165, 1.54) is 13.2 Å². The molecule has 0 radical (unpaired) electrons. The van der Waals surface area contributed by atoms with Gasteiger partial charge < -0.3 is 14.6 Å². The average molecular weight is 345 g/mol. The predicted molar refractivity (Wildman–Crippen MR) is 89.9 cm³/mol. The minimum Gasteiger partial charge on any atom is -0.493 e. The van der Waals surface area contributed by atoms with Gasteiger partial charge in [-0.25, -0.2) is 9.78 Å². The fourth-order valence-electron chi connectivity index (χ4n) is 1.77. The molecule has 24 heavy (non-hydrogen) atoms. The number of carbonyl (C=O) groups is 1. The van der Waals surface area contributed by atoms with Crippen molar-refractivity contribution in [1.82, 2.24) is 15.2 Å². The predicted octanol–water partition coefficient (Wildman–Crippen LogP) is 2.35. The molecule has 2 aromatic rings. The zero-order valence-corrected chi connectivity index (χ0v) is 13.9. The van der Waals surface area contributed by atoms with E-state index in [1.807, 2.05) is 0 Å². The first kappa shape index (κ1) is 17.4. The molecule has 0 aliphatic heterocycles. The highest BCUT2D eigenvalue weighted by atomic mass is 32.2. The Kier molecular flexibility index (Phi) is 5.87. The maximum absolute atomic E-state index is 11.4. The number of carboxylic acid groups (broad SMARTS) is 1. The quantitative estimate of drug-likeness (QED) is 0.451. The minimum atomic E-state index is -1.07. The Labute approximate surface area is 143 Å². The molecule has 0 unspecified atom stereocenters. The van der Waals surface area contributed by atoms with Crippen LogP contribution in [0.1, 0.15) is 11.4 Å². The third-order valence-corrected chi connectivity index (χ3v) is 3.66.